The third kappa shape index (κ3) is 7.26. The molecule has 2 aliphatic heterocycles. The van der Waals surface area contributed by atoms with Gasteiger partial charge < -0.3 is 34.6 Å². The molecule has 7 atom stereocenters. The van der Waals surface area contributed by atoms with Gasteiger partial charge in [0, 0.05) is 43.9 Å². The number of hydrogen-bond acceptors (Lipinski definition) is 8. The Kier molecular flexibility index (Phi) is 10.8. The molecule has 1 aromatic rings. The highest BCUT2D eigenvalue weighted by molar-refractivity contribution is 5.96. The summed E-state index contributed by atoms with van der Waals surface area (Å²) in [6.07, 6.45) is 3.16. The number of morpholine rings is 1. The summed E-state index contributed by atoms with van der Waals surface area (Å²) in [5, 5.41) is 23.9. The van der Waals surface area contributed by atoms with Crippen LogP contribution in [0.25, 0.3) is 0 Å². The third-order valence-corrected chi connectivity index (χ3v) is 9.70. The molecule has 0 aromatic heterocycles. The second-order valence-electron chi connectivity index (χ2n) is 12.9. The highest BCUT2D eigenvalue weighted by Gasteiger charge is 2.50. The van der Waals surface area contributed by atoms with Crippen LogP contribution in [-0.2, 0) is 19.1 Å². The summed E-state index contributed by atoms with van der Waals surface area (Å²) in [5.74, 6) is 1.01. The van der Waals surface area contributed by atoms with Crippen LogP contribution < -0.4 is 10.1 Å². The quantitative estimate of drug-likeness (QED) is 0.353. The molecule has 0 unspecified atom stereocenters. The molecular formula is C33H49N3O7. The number of nitrogens with zero attached hydrogens (tertiary/aromatic N) is 2. The van der Waals surface area contributed by atoms with Crippen LogP contribution in [0.15, 0.2) is 35.9 Å². The molecule has 5 rings (SSSR count). The first-order chi connectivity index (χ1) is 20.8. The topological polar surface area (TPSA) is 121 Å². The normalized spacial score (nSPS) is 30.7. The number of fused-ring (bicyclic) bond motifs is 3. The highest BCUT2D eigenvalue weighted by Crippen LogP contribution is 2.47. The van der Waals surface area contributed by atoms with Crippen LogP contribution in [0.3, 0.4) is 0 Å². The summed E-state index contributed by atoms with van der Waals surface area (Å²) in [6, 6.07) is 6.71. The number of ether oxygens (including phenoxy) is 3. The van der Waals surface area contributed by atoms with E-state index in [0.29, 0.717) is 55.4 Å². The standard InChI is InChI=1S/C33H49N3O7/c1-21(2)23-9-8-22(3)18-28(23)42-20-29(38)36(12-11-35-13-16-41-17-14-35)26-19-25(33(40)34-10-15-37)30-24-6-4-5-7-27(24)43-32(30)31(26)39/h4-7,19,21-23,26,28,30-32,37,39H,8-18,20H2,1-3H3,(H,34,40)/t22-,23+,26+,28-,30-,31-,32-/m0/s1. The molecular weight excluding hydrogens is 550 g/mol. The number of hydrogen-bond donors (Lipinski definition) is 3. The van der Waals surface area contributed by atoms with E-state index in [0.717, 1.165) is 31.5 Å². The first-order valence-corrected chi connectivity index (χ1v) is 16.0. The predicted molar refractivity (Wildman–Crippen MR) is 162 cm³/mol. The van der Waals surface area contributed by atoms with E-state index >= 15 is 0 Å². The van der Waals surface area contributed by atoms with Gasteiger partial charge in [0.15, 0.2) is 0 Å². The predicted octanol–water partition coefficient (Wildman–Crippen LogP) is 1.95. The summed E-state index contributed by atoms with van der Waals surface area (Å²) in [5.41, 5.74) is 1.26. The van der Waals surface area contributed by atoms with Gasteiger partial charge in [-0.2, -0.15) is 0 Å². The van der Waals surface area contributed by atoms with Crippen molar-refractivity contribution in [2.45, 2.75) is 70.3 Å². The molecule has 238 valence electrons. The summed E-state index contributed by atoms with van der Waals surface area (Å²) >= 11 is 0. The van der Waals surface area contributed by atoms with Crippen molar-refractivity contribution in [3.8, 4) is 5.75 Å². The van der Waals surface area contributed by atoms with Crippen LogP contribution in [0.4, 0.5) is 0 Å². The van der Waals surface area contributed by atoms with Gasteiger partial charge in [0.1, 0.15) is 24.6 Å². The lowest BCUT2D eigenvalue weighted by Gasteiger charge is -2.42. The lowest BCUT2D eigenvalue weighted by molar-refractivity contribution is -0.147. The van der Waals surface area contributed by atoms with Crippen molar-refractivity contribution >= 4 is 11.8 Å². The molecule has 2 amide bonds. The maximum absolute atomic E-state index is 14.1. The number of nitrogens with one attached hydrogen (secondary N) is 1. The zero-order valence-corrected chi connectivity index (χ0v) is 25.8. The van der Waals surface area contributed by atoms with E-state index in [2.05, 4.69) is 31.0 Å². The maximum Gasteiger partial charge on any atom is 0.249 e. The van der Waals surface area contributed by atoms with E-state index in [1.165, 1.54) is 6.42 Å². The van der Waals surface area contributed by atoms with E-state index in [1.807, 2.05) is 24.3 Å². The highest BCUT2D eigenvalue weighted by atomic mass is 16.5. The Morgan fingerprint density at radius 2 is 1.95 bits per heavy atom. The average molecular weight is 600 g/mol. The summed E-state index contributed by atoms with van der Waals surface area (Å²) < 4.78 is 18.2. The zero-order chi connectivity index (χ0) is 30.5. The van der Waals surface area contributed by atoms with Gasteiger partial charge in [-0.05, 0) is 42.7 Å². The minimum atomic E-state index is -1.06. The Hall–Kier alpha value is -2.50. The minimum Gasteiger partial charge on any atom is -0.486 e. The molecule has 43 heavy (non-hydrogen) atoms. The first kappa shape index (κ1) is 31.9. The van der Waals surface area contributed by atoms with E-state index < -0.39 is 24.2 Å². The van der Waals surface area contributed by atoms with Crippen molar-refractivity contribution in [3.05, 3.63) is 41.5 Å². The van der Waals surface area contributed by atoms with Crippen molar-refractivity contribution in [1.29, 1.82) is 0 Å². The van der Waals surface area contributed by atoms with Crippen molar-refractivity contribution in [3.63, 3.8) is 0 Å². The average Bonchev–Trinajstić information content (AvgIpc) is 3.40. The van der Waals surface area contributed by atoms with Crippen LogP contribution in [0.2, 0.25) is 0 Å². The van der Waals surface area contributed by atoms with Gasteiger partial charge >= 0.3 is 0 Å². The molecule has 0 radical (unpaired) electrons. The molecule has 3 N–H and O–H groups in total. The number of amides is 2. The SMILES string of the molecule is CC(C)[C@H]1CC[C@H](C)C[C@@H]1OCC(=O)N(CCN1CCOCC1)[C@@H]1C=C(C(=O)NCCO)[C@@H]2c3ccccc3O[C@@H]2[C@H]1O. The molecule has 2 aliphatic carbocycles. The fourth-order valence-electron chi connectivity index (χ4n) is 7.27. The largest absolute Gasteiger partial charge is 0.486 e. The summed E-state index contributed by atoms with van der Waals surface area (Å²) in [7, 11) is 0. The fraction of sp³-hybridized carbons (Fsp3) is 0.697. The van der Waals surface area contributed by atoms with E-state index in [4.69, 9.17) is 14.2 Å². The summed E-state index contributed by atoms with van der Waals surface area (Å²) in [4.78, 5) is 31.4. The lowest BCUT2D eigenvalue weighted by atomic mass is 9.75. The molecule has 0 bridgehead atoms. The molecule has 1 aromatic carbocycles. The number of benzene rings is 1. The zero-order valence-electron chi connectivity index (χ0n) is 25.8. The molecule has 10 heteroatoms. The number of aliphatic hydroxyl groups is 2. The number of rotatable bonds is 11. The van der Waals surface area contributed by atoms with Gasteiger partial charge in [-0.3, -0.25) is 14.5 Å². The molecule has 1 saturated carbocycles. The maximum atomic E-state index is 14.1. The van der Waals surface area contributed by atoms with Gasteiger partial charge in [-0.25, -0.2) is 0 Å². The number of carbonyl (C=O) groups excluding carboxylic acids is 2. The fourth-order valence-corrected chi connectivity index (χ4v) is 7.27. The van der Waals surface area contributed by atoms with Crippen LogP contribution in [0.1, 0.15) is 51.5 Å². The Bertz CT molecular complexity index is 1140. The second kappa shape index (κ2) is 14.5. The lowest BCUT2D eigenvalue weighted by Crippen LogP contribution is -2.58. The monoisotopic (exact) mass is 599 g/mol. The molecule has 2 heterocycles. The second-order valence-corrected chi connectivity index (χ2v) is 12.9. The van der Waals surface area contributed by atoms with E-state index in [-0.39, 0.29) is 37.7 Å². The van der Waals surface area contributed by atoms with E-state index in [9.17, 15) is 19.8 Å². The Balaban J connectivity index is 1.42. The number of para-hydroxylation sites is 1. The van der Waals surface area contributed by atoms with Crippen molar-refractivity contribution in [2.24, 2.45) is 17.8 Å². The minimum absolute atomic E-state index is 0.0116. The summed E-state index contributed by atoms with van der Waals surface area (Å²) in [6.45, 7) is 10.3. The van der Waals surface area contributed by atoms with Gasteiger partial charge in [0.05, 0.1) is 37.9 Å². The Morgan fingerprint density at radius 3 is 2.70 bits per heavy atom. The van der Waals surface area contributed by atoms with Crippen LogP contribution in [-0.4, -0.2) is 115 Å². The van der Waals surface area contributed by atoms with Crippen LogP contribution in [0, 0.1) is 17.8 Å². The van der Waals surface area contributed by atoms with Crippen molar-refractivity contribution in [1.82, 2.24) is 15.1 Å². The number of carbonyl (C=O) groups is 2. The van der Waals surface area contributed by atoms with Crippen molar-refractivity contribution in [2.75, 3.05) is 59.2 Å². The number of aliphatic hydroxyl groups excluding tert-OH is 2. The third-order valence-electron chi connectivity index (χ3n) is 9.70. The van der Waals surface area contributed by atoms with Gasteiger partial charge in [-0.1, -0.05) is 45.4 Å². The van der Waals surface area contributed by atoms with Gasteiger partial charge in [0.25, 0.3) is 0 Å². The molecule has 1 saturated heterocycles. The first-order valence-electron chi connectivity index (χ1n) is 16.0. The molecule has 4 aliphatic rings. The molecule has 2 fully saturated rings. The smallest absolute Gasteiger partial charge is 0.249 e. The van der Waals surface area contributed by atoms with Gasteiger partial charge in [0.2, 0.25) is 11.8 Å². The Labute approximate surface area is 255 Å². The Morgan fingerprint density at radius 1 is 1.19 bits per heavy atom. The van der Waals surface area contributed by atoms with Crippen LogP contribution >= 0.6 is 0 Å². The molecule has 10 nitrogen and oxygen atoms in total. The van der Waals surface area contributed by atoms with Crippen molar-refractivity contribution < 1.29 is 34.0 Å². The van der Waals surface area contributed by atoms with Crippen LogP contribution in [0.5, 0.6) is 5.75 Å². The molecule has 0 spiro atoms. The van der Waals surface area contributed by atoms with Gasteiger partial charge in [-0.15, -0.1) is 0 Å². The van der Waals surface area contributed by atoms with E-state index in [1.54, 1.807) is 11.0 Å².